The first kappa shape index (κ1) is 17.2. The summed E-state index contributed by atoms with van der Waals surface area (Å²) >= 11 is 1.64. The minimum absolute atomic E-state index is 0.0501. The van der Waals surface area contributed by atoms with Gasteiger partial charge in [0.25, 0.3) is 5.91 Å². The van der Waals surface area contributed by atoms with Crippen LogP contribution in [-0.2, 0) is 12.0 Å². The van der Waals surface area contributed by atoms with E-state index < -0.39 is 0 Å². The summed E-state index contributed by atoms with van der Waals surface area (Å²) in [4.78, 5) is 13.6. The van der Waals surface area contributed by atoms with Gasteiger partial charge < -0.3 is 10.1 Å². The highest BCUT2D eigenvalue weighted by molar-refractivity contribution is 7.09. The summed E-state index contributed by atoms with van der Waals surface area (Å²) in [5.74, 6) is 0.965. The highest BCUT2D eigenvalue weighted by Crippen LogP contribution is 2.22. The molecule has 0 spiro atoms. The number of rotatable bonds is 5. The number of hydrogen-bond acceptors (Lipinski definition) is 4. The molecule has 0 saturated heterocycles. The molecule has 2 aromatic heterocycles. The lowest BCUT2D eigenvalue weighted by Gasteiger charge is -2.14. The molecule has 0 radical (unpaired) electrons. The van der Waals surface area contributed by atoms with Crippen molar-refractivity contribution in [1.82, 2.24) is 10.2 Å². The second kappa shape index (κ2) is 7.11. The Kier molecular flexibility index (Phi) is 4.90. The Labute approximate surface area is 151 Å². The zero-order valence-corrected chi connectivity index (χ0v) is 15.3. The number of hydrogen-bond donors (Lipinski definition) is 2. The second-order valence-corrected chi connectivity index (χ2v) is 7.80. The summed E-state index contributed by atoms with van der Waals surface area (Å²) in [5.41, 5.74) is 1.45. The van der Waals surface area contributed by atoms with Gasteiger partial charge in [0.15, 0.2) is 5.82 Å². The van der Waals surface area contributed by atoms with E-state index in [1.807, 2.05) is 35.7 Å². The number of carbonyl (C=O) groups is 1. The van der Waals surface area contributed by atoms with Gasteiger partial charge in [0.1, 0.15) is 12.4 Å². The van der Waals surface area contributed by atoms with Crippen molar-refractivity contribution in [2.45, 2.75) is 32.8 Å². The van der Waals surface area contributed by atoms with Crippen LogP contribution in [0.25, 0.3) is 0 Å². The van der Waals surface area contributed by atoms with E-state index in [4.69, 9.17) is 4.74 Å². The van der Waals surface area contributed by atoms with Gasteiger partial charge >= 0.3 is 0 Å². The third kappa shape index (κ3) is 4.48. The molecule has 0 aliphatic rings. The summed E-state index contributed by atoms with van der Waals surface area (Å²) in [6.07, 6.45) is 0. The van der Waals surface area contributed by atoms with Gasteiger partial charge in [0.2, 0.25) is 0 Å². The molecule has 1 amide bonds. The van der Waals surface area contributed by atoms with Crippen LogP contribution in [0, 0.1) is 0 Å². The zero-order valence-electron chi connectivity index (χ0n) is 14.5. The minimum Gasteiger partial charge on any atom is -0.488 e. The van der Waals surface area contributed by atoms with Crippen LogP contribution >= 0.6 is 11.3 Å². The number of amides is 1. The Bertz CT molecular complexity index is 848. The van der Waals surface area contributed by atoms with Crippen LogP contribution in [0.15, 0.2) is 47.8 Å². The summed E-state index contributed by atoms with van der Waals surface area (Å²) in [7, 11) is 0. The van der Waals surface area contributed by atoms with Crippen molar-refractivity contribution in [2.75, 3.05) is 5.32 Å². The first-order chi connectivity index (χ1) is 11.9. The Morgan fingerprint density at radius 1 is 1.24 bits per heavy atom. The molecule has 0 atom stereocenters. The molecule has 0 fully saturated rings. The molecule has 5 nitrogen and oxygen atoms in total. The van der Waals surface area contributed by atoms with E-state index in [0.29, 0.717) is 23.7 Å². The lowest BCUT2D eigenvalue weighted by Crippen LogP contribution is -2.12. The number of benzene rings is 1. The zero-order chi connectivity index (χ0) is 17.9. The van der Waals surface area contributed by atoms with E-state index >= 15 is 0 Å². The number of aromatic nitrogens is 2. The quantitative estimate of drug-likeness (QED) is 0.703. The van der Waals surface area contributed by atoms with E-state index in [9.17, 15) is 4.79 Å². The van der Waals surface area contributed by atoms with Crippen LogP contribution < -0.4 is 10.1 Å². The van der Waals surface area contributed by atoms with Crippen molar-refractivity contribution >= 4 is 23.1 Å². The largest absolute Gasteiger partial charge is 0.488 e. The van der Waals surface area contributed by atoms with Crippen LogP contribution in [0.2, 0.25) is 0 Å². The van der Waals surface area contributed by atoms with Gasteiger partial charge in [-0.2, -0.15) is 5.10 Å². The van der Waals surface area contributed by atoms with Gasteiger partial charge in [0, 0.05) is 27.6 Å². The third-order valence-corrected chi connectivity index (χ3v) is 4.53. The molecule has 1 aromatic carbocycles. The maximum absolute atomic E-state index is 12.4. The SMILES string of the molecule is CC(C)(C)c1cc(NC(=O)c2cccc(OCc3cccs3)c2)n[nH]1. The number of H-pyrrole nitrogens is 1. The molecule has 0 aliphatic carbocycles. The number of thiophene rings is 1. The van der Waals surface area contributed by atoms with E-state index in [-0.39, 0.29) is 11.3 Å². The van der Waals surface area contributed by atoms with Gasteiger partial charge in [0.05, 0.1) is 0 Å². The topological polar surface area (TPSA) is 67.0 Å². The van der Waals surface area contributed by atoms with Gasteiger partial charge in [-0.1, -0.05) is 32.9 Å². The van der Waals surface area contributed by atoms with Crippen LogP contribution in [0.1, 0.15) is 41.7 Å². The molecule has 25 heavy (non-hydrogen) atoms. The van der Waals surface area contributed by atoms with Crippen molar-refractivity contribution in [3.8, 4) is 5.75 Å². The van der Waals surface area contributed by atoms with Gasteiger partial charge in [-0.3, -0.25) is 9.89 Å². The number of ether oxygens (including phenoxy) is 1. The molecular weight excluding hydrogens is 334 g/mol. The standard InChI is InChI=1S/C19H21N3O2S/c1-19(2,3)16-11-17(22-21-16)20-18(23)13-6-4-7-14(10-13)24-12-15-8-5-9-25-15/h4-11H,12H2,1-3H3,(H2,20,21,22,23). The fourth-order valence-electron chi connectivity index (χ4n) is 2.23. The smallest absolute Gasteiger partial charge is 0.256 e. The van der Waals surface area contributed by atoms with Crippen molar-refractivity contribution in [3.05, 3.63) is 64.0 Å². The van der Waals surface area contributed by atoms with Gasteiger partial charge in [-0.05, 0) is 29.6 Å². The molecule has 3 rings (SSSR count). The van der Waals surface area contributed by atoms with Crippen molar-refractivity contribution < 1.29 is 9.53 Å². The number of anilines is 1. The van der Waals surface area contributed by atoms with E-state index in [1.165, 1.54) is 0 Å². The first-order valence-corrected chi connectivity index (χ1v) is 8.92. The second-order valence-electron chi connectivity index (χ2n) is 6.77. The van der Waals surface area contributed by atoms with Crippen molar-refractivity contribution in [2.24, 2.45) is 0 Å². The lowest BCUT2D eigenvalue weighted by atomic mass is 9.92. The minimum atomic E-state index is -0.214. The van der Waals surface area contributed by atoms with Gasteiger partial charge in [-0.15, -0.1) is 11.3 Å². The monoisotopic (exact) mass is 355 g/mol. The van der Waals surface area contributed by atoms with Gasteiger partial charge in [-0.25, -0.2) is 0 Å². The lowest BCUT2D eigenvalue weighted by molar-refractivity contribution is 0.102. The van der Waals surface area contributed by atoms with Crippen LogP contribution in [0.5, 0.6) is 5.75 Å². The molecule has 0 bridgehead atoms. The number of aromatic amines is 1. The Morgan fingerprint density at radius 3 is 2.76 bits per heavy atom. The third-order valence-electron chi connectivity index (χ3n) is 3.68. The van der Waals surface area contributed by atoms with E-state index in [1.54, 1.807) is 23.5 Å². The molecular formula is C19H21N3O2S. The Balaban J connectivity index is 1.65. The number of carbonyl (C=O) groups excluding carboxylic acids is 1. The van der Waals surface area contributed by atoms with Crippen LogP contribution in [-0.4, -0.2) is 16.1 Å². The molecule has 0 saturated carbocycles. The molecule has 6 heteroatoms. The predicted octanol–water partition coefficient (Wildman–Crippen LogP) is 4.60. The summed E-state index contributed by atoms with van der Waals surface area (Å²) < 4.78 is 5.75. The highest BCUT2D eigenvalue weighted by atomic mass is 32.1. The van der Waals surface area contributed by atoms with Crippen LogP contribution in [0.3, 0.4) is 0 Å². The fraction of sp³-hybridized carbons (Fsp3) is 0.263. The maximum atomic E-state index is 12.4. The number of nitrogens with zero attached hydrogens (tertiary/aromatic N) is 1. The summed E-state index contributed by atoms with van der Waals surface area (Å²) in [5, 5.41) is 11.9. The fourth-order valence-corrected chi connectivity index (χ4v) is 2.85. The van der Waals surface area contributed by atoms with Crippen molar-refractivity contribution in [1.29, 1.82) is 0 Å². The summed E-state index contributed by atoms with van der Waals surface area (Å²) in [6, 6.07) is 13.0. The van der Waals surface area contributed by atoms with Crippen molar-refractivity contribution in [3.63, 3.8) is 0 Å². The molecule has 0 unspecified atom stereocenters. The molecule has 3 aromatic rings. The number of nitrogens with one attached hydrogen (secondary N) is 2. The maximum Gasteiger partial charge on any atom is 0.256 e. The average Bonchev–Trinajstić information content (AvgIpc) is 3.24. The summed E-state index contributed by atoms with van der Waals surface area (Å²) in [6.45, 7) is 6.75. The molecule has 130 valence electrons. The first-order valence-electron chi connectivity index (χ1n) is 8.04. The molecule has 2 heterocycles. The van der Waals surface area contributed by atoms with E-state index in [0.717, 1.165) is 10.6 Å². The normalized spacial score (nSPS) is 11.3. The Morgan fingerprint density at radius 2 is 2.08 bits per heavy atom. The van der Waals surface area contributed by atoms with E-state index in [2.05, 4.69) is 36.3 Å². The highest BCUT2D eigenvalue weighted by Gasteiger charge is 2.17. The molecule has 0 aliphatic heterocycles. The van der Waals surface area contributed by atoms with Crippen LogP contribution in [0.4, 0.5) is 5.82 Å². The average molecular weight is 355 g/mol. The Hall–Kier alpha value is -2.60. The molecule has 2 N–H and O–H groups in total. The predicted molar refractivity (Wildman–Crippen MR) is 100 cm³/mol.